The third-order valence-electron chi connectivity index (χ3n) is 5.93. The molecule has 8 nitrogen and oxygen atoms in total. The number of hydrogen-bond acceptors (Lipinski definition) is 5. The number of aromatic nitrogens is 3. The van der Waals surface area contributed by atoms with Crippen molar-refractivity contribution in [2.75, 3.05) is 32.9 Å². The van der Waals surface area contributed by atoms with Gasteiger partial charge in [-0.1, -0.05) is 18.2 Å². The summed E-state index contributed by atoms with van der Waals surface area (Å²) in [5.41, 5.74) is 2.11. The van der Waals surface area contributed by atoms with E-state index in [4.69, 9.17) is 14.5 Å². The third-order valence-corrected chi connectivity index (χ3v) is 5.93. The van der Waals surface area contributed by atoms with Crippen LogP contribution < -0.4 is 15.4 Å². The smallest absolute Gasteiger partial charge is 0.191 e. The van der Waals surface area contributed by atoms with Crippen molar-refractivity contribution < 1.29 is 9.47 Å². The summed E-state index contributed by atoms with van der Waals surface area (Å²) in [6.07, 6.45) is 3.88. The lowest BCUT2D eigenvalue weighted by Crippen LogP contribution is -2.48. The van der Waals surface area contributed by atoms with Gasteiger partial charge in [-0.05, 0) is 56.5 Å². The fraction of sp³-hybridized carbons (Fsp3) is 0.458. The summed E-state index contributed by atoms with van der Waals surface area (Å²) in [7, 11) is 0. The van der Waals surface area contributed by atoms with Crippen molar-refractivity contribution in [2.45, 2.75) is 38.6 Å². The average Bonchev–Trinajstić information content (AvgIpc) is 3.25. The summed E-state index contributed by atoms with van der Waals surface area (Å²) in [5, 5.41) is 15.4. The molecule has 3 aromatic rings. The highest BCUT2D eigenvalue weighted by molar-refractivity contribution is 14.0. The normalized spacial score (nSPS) is 15.6. The summed E-state index contributed by atoms with van der Waals surface area (Å²) in [6.45, 7) is 8.26. The van der Waals surface area contributed by atoms with E-state index in [9.17, 15) is 0 Å². The SMILES string of the molecule is CCNC(=NCc1nnc2ccccn12)NCC1(c2ccc(OCC)cc2)CCOCC1.I. The van der Waals surface area contributed by atoms with Crippen molar-refractivity contribution in [2.24, 2.45) is 4.99 Å². The van der Waals surface area contributed by atoms with Crippen LogP contribution in [0.25, 0.3) is 5.65 Å². The van der Waals surface area contributed by atoms with Gasteiger partial charge in [0.2, 0.25) is 0 Å². The van der Waals surface area contributed by atoms with E-state index in [-0.39, 0.29) is 29.4 Å². The van der Waals surface area contributed by atoms with Crippen LogP contribution in [0, 0.1) is 0 Å². The topological polar surface area (TPSA) is 85.1 Å². The summed E-state index contributed by atoms with van der Waals surface area (Å²) in [5.74, 6) is 2.49. The quantitative estimate of drug-likeness (QED) is 0.248. The molecule has 0 atom stereocenters. The molecule has 4 rings (SSSR count). The monoisotopic (exact) mass is 564 g/mol. The van der Waals surface area contributed by atoms with Crippen molar-refractivity contribution in [1.82, 2.24) is 25.2 Å². The van der Waals surface area contributed by atoms with Crippen LogP contribution in [0.4, 0.5) is 0 Å². The molecule has 2 N–H and O–H groups in total. The highest BCUT2D eigenvalue weighted by Gasteiger charge is 2.34. The molecule has 9 heteroatoms. The zero-order valence-electron chi connectivity index (χ0n) is 19.3. The van der Waals surface area contributed by atoms with E-state index in [1.807, 2.05) is 35.7 Å². The lowest BCUT2D eigenvalue weighted by molar-refractivity contribution is 0.0513. The maximum Gasteiger partial charge on any atom is 0.191 e. The number of nitrogens with one attached hydrogen (secondary N) is 2. The Morgan fingerprint density at radius 2 is 1.88 bits per heavy atom. The maximum absolute atomic E-state index is 5.68. The van der Waals surface area contributed by atoms with Crippen molar-refractivity contribution in [1.29, 1.82) is 0 Å². The second-order valence-corrected chi connectivity index (χ2v) is 7.94. The molecule has 178 valence electrons. The Hall–Kier alpha value is -2.40. The molecule has 0 spiro atoms. The zero-order valence-corrected chi connectivity index (χ0v) is 21.6. The predicted molar refractivity (Wildman–Crippen MR) is 141 cm³/mol. The number of benzene rings is 1. The molecular weight excluding hydrogens is 531 g/mol. The number of halogens is 1. The Kier molecular flexibility index (Phi) is 9.30. The van der Waals surface area contributed by atoms with Gasteiger partial charge >= 0.3 is 0 Å². The Balaban J connectivity index is 0.00000306. The van der Waals surface area contributed by atoms with Gasteiger partial charge in [-0.25, -0.2) is 4.99 Å². The molecule has 1 fully saturated rings. The highest BCUT2D eigenvalue weighted by atomic mass is 127. The van der Waals surface area contributed by atoms with Crippen molar-refractivity contribution in [3.8, 4) is 5.75 Å². The molecule has 3 heterocycles. The maximum atomic E-state index is 5.68. The molecule has 0 unspecified atom stereocenters. The highest BCUT2D eigenvalue weighted by Crippen LogP contribution is 2.35. The minimum Gasteiger partial charge on any atom is -0.494 e. The lowest BCUT2D eigenvalue weighted by Gasteiger charge is -2.38. The molecule has 0 saturated carbocycles. The molecule has 0 aliphatic carbocycles. The second kappa shape index (κ2) is 12.2. The van der Waals surface area contributed by atoms with E-state index >= 15 is 0 Å². The largest absolute Gasteiger partial charge is 0.494 e. The molecule has 33 heavy (non-hydrogen) atoms. The average molecular weight is 564 g/mol. The van der Waals surface area contributed by atoms with Gasteiger partial charge in [0.1, 0.15) is 12.3 Å². The van der Waals surface area contributed by atoms with Gasteiger partial charge in [-0.3, -0.25) is 4.40 Å². The molecule has 1 aromatic carbocycles. The molecular formula is C24H33IN6O2. The number of pyridine rings is 1. The van der Waals surface area contributed by atoms with Gasteiger partial charge in [0.05, 0.1) is 6.61 Å². The third kappa shape index (κ3) is 6.14. The van der Waals surface area contributed by atoms with Gasteiger partial charge in [0.15, 0.2) is 17.4 Å². The Morgan fingerprint density at radius 3 is 2.61 bits per heavy atom. The summed E-state index contributed by atoms with van der Waals surface area (Å²) >= 11 is 0. The van der Waals surface area contributed by atoms with E-state index in [2.05, 4.69) is 52.0 Å². The Bertz CT molecular complexity index is 1030. The molecule has 0 radical (unpaired) electrons. The molecule has 1 saturated heterocycles. The Labute approximate surface area is 212 Å². The lowest BCUT2D eigenvalue weighted by atomic mass is 9.74. The molecule has 0 amide bonds. The fourth-order valence-electron chi connectivity index (χ4n) is 4.14. The standard InChI is InChI=1S/C24H32N6O2.HI/c1-3-25-23(26-17-22-29-28-21-7-5-6-14-30(21)22)27-18-24(12-15-31-16-13-24)19-8-10-20(11-9-19)32-4-2;/h5-11,14H,3-4,12-13,15-18H2,1-2H3,(H2,25,26,27);1H. The van der Waals surface area contributed by atoms with Crippen LogP contribution in [0.15, 0.2) is 53.7 Å². The zero-order chi connectivity index (χ0) is 22.2. The van der Waals surface area contributed by atoms with Crippen LogP contribution >= 0.6 is 24.0 Å². The number of hydrogen-bond donors (Lipinski definition) is 2. The van der Waals surface area contributed by atoms with Crippen molar-refractivity contribution >= 4 is 35.6 Å². The van der Waals surface area contributed by atoms with E-state index in [1.165, 1.54) is 5.56 Å². The number of nitrogens with zero attached hydrogens (tertiary/aromatic N) is 4. The first-order valence-corrected chi connectivity index (χ1v) is 11.4. The fourth-order valence-corrected chi connectivity index (χ4v) is 4.14. The number of ether oxygens (including phenoxy) is 2. The van der Waals surface area contributed by atoms with E-state index in [1.54, 1.807) is 0 Å². The van der Waals surface area contributed by atoms with Gasteiger partial charge < -0.3 is 20.1 Å². The number of fused-ring (bicyclic) bond motifs is 1. The van der Waals surface area contributed by atoms with Gasteiger partial charge in [-0.2, -0.15) is 0 Å². The minimum atomic E-state index is -0.0131. The van der Waals surface area contributed by atoms with Crippen molar-refractivity contribution in [3.05, 3.63) is 60.0 Å². The molecule has 2 aromatic heterocycles. The van der Waals surface area contributed by atoms with Crippen molar-refractivity contribution in [3.63, 3.8) is 0 Å². The minimum absolute atomic E-state index is 0. The van der Waals surface area contributed by atoms with Gasteiger partial charge in [0.25, 0.3) is 0 Å². The molecule has 0 bridgehead atoms. The first kappa shape index (κ1) is 25.2. The van der Waals surface area contributed by atoms with Crippen LogP contribution in [0.1, 0.15) is 38.1 Å². The number of guanidine groups is 1. The first-order valence-electron chi connectivity index (χ1n) is 11.4. The van der Waals surface area contributed by atoms with Crippen LogP contribution in [0.2, 0.25) is 0 Å². The first-order chi connectivity index (χ1) is 15.7. The summed E-state index contributed by atoms with van der Waals surface area (Å²) in [4.78, 5) is 4.77. The number of aliphatic imine (C=N–C) groups is 1. The van der Waals surface area contributed by atoms with Gasteiger partial charge in [-0.15, -0.1) is 34.2 Å². The van der Waals surface area contributed by atoms with E-state index in [0.717, 1.165) is 62.3 Å². The van der Waals surface area contributed by atoms with E-state index in [0.29, 0.717) is 13.2 Å². The second-order valence-electron chi connectivity index (χ2n) is 7.94. The van der Waals surface area contributed by atoms with Crippen LogP contribution in [-0.4, -0.2) is 53.5 Å². The van der Waals surface area contributed by atoms with Crippen LogP contribution in [0.5, 0.6) is 5.75 Å². The summed E-state index contributed by atoms with van der Waals surface area (Å²) in [6, 6.07) is 14.4. The van der Waals surface area contributed by atoms with Gasteiger partial charge in [0, 0.05) is 37.9 Å². The number of rotatable bonds is 8. The molecule has 1 aliphatic heterocycles. The van der Waals surface area contributed by atoms with Crippen LogP contribution in [-0.2, 0) is 16.7 Å². The Morgan fingerprint density at radius 1 is 1.09 bits per heavy atom. The van der Waals surface area contributed by atoms with E-state index < -0.39 is 0 Å². The predicted octanol–water partition coefficient (Wildman–Crippen LogP) is 3.55. The molecule has 1 aliphatic rings. The summed E-state index contributed by atoms with van der Waals surface area (Å²) < 4.78 is 13.3. The van der Waals surface area contributed by atoms with Crippen LogP contribution in [0.3, 0.4) is 0 Å².